The van der Waals surface area contributed by atoms with E-state index in [1.807, 2.05) is 6.92 Å². The van der Waals surface area contributed by atoms with Gasteiger partial charge in [-0.2, -0.15) is 0 Å². The first kappa shape index (κ1) is 15.3. The summed E-state index contributed by atoms with van der Waals surface area (Å²) >= 11 is 0. The van der Waals surface area contributed by atoms with Gasteiger partial charge in [-0.15, -0.1) is 0 Å². The first-order chi connectivity index (χ1) is 8.99. The minimum atomic E-state index is -0.605. The van der Waals surface area contributed by atoms with Crippen molar-refractivity contribution in [3.63, 3.8) is 0 Å². The fourth-order valence-corrected chi connectivity index (χ4v) is 1.60. The van der Waals surface area contributed by atoms with Crippen LogP contribution in [0.15, 0.2) is 18.2 Å². The van der Waals surface area contributed by atoms with Gasteiger partial charge in [0.2, 0.25) is 0 Å². The minimum Gasteiger partial charge on any atom is -0.493 e. The summed E-state index contributed by atoms with van der Waals surface area (Å²) in [5.41, 5.74) is 0.731. The molecule has 1 amide bonds. The van der Waals surface area contributed by atoms with Crippen LogP contribution in [0.3, 0.4) is 0 Å². The number of aliphatic hydroxyl groups excluding tert-OH is 1. The Kier molecular flexibility index (Phi) is 5.63. The van der Waals surface area contributed by atoms with Gasteiger partial charge in [-0.1, -0.05) is 6.07 Å². The molecule has 106 valence electrons. The maximum atomic E-state index is 11.6. The van der Waals surface area contributed by atoms with Crippen LogP contribution in [0.4, 0.5) is 0 Å². The smallest absolute Gasteiger partial charge is 0.260 e. The van der Waals surface area contributed by atoms with E-state index in [9.17, 15) is 9.90 Å². The molecule has 5 heteroatoms. The highest BCUT2D eigenvalue weighted by molar-refractivity contribution is 5.80. The van der Waals surface area contributed by atoms with Crippen LogP contribution >= 0.6 is 0 Å². The standard InChI is InChI=1S/C14H21NO4/c1-5-15-14(17)10(3)19-12-7-6-11(9(2)16)8-13(12)18-4/h6-10,16H,5H2,1-4H3,(H,15,17)/t9-,10?/m0/s1. The Morgan fingerprint density at radius 2 is 2.05 bits per heavy atom. The topological polar surface area (TPSA) is 67.8 Å². The maximum absolute atomic E-state index is 11.6. The zero-order valence-corrected chi connectivity index (χ0v) is 11.8. The quantitative estimate of drug-likeness (QED) is 0.822. The summed E-state index contributed by atoms with van der Waals surface area (Å²) < 4.78 is 10.8. The molecule has 1 unspecified atom stereocenters. The van der Waals surface area contributed by atoms with Gasteiger partial charge in [-0.25, -0.2) is 0 Å². The molecular weight excluding hydrogens is 246 g/mol. The Bertz CT molecular complexity index is 431. The van der Waals surface area contributed by atoms with Crippen molar-refractivity contribution in [3.8, 4) is 11.5 Å². The van der Waals surface area contributed by atoms with Gasteiger partial charge in [0.1, 0.15) is 0 Å². The molecule has 0 saturated carbocycles. The molecule has 0 saturated heterocycles. The molecule has 0 spiro atoms. The summed E-state index contributed by atoms with van der Waals surface area (Å²) in [7, 11) is 1.52. The summed E-state index contributed by atoms with van der Waals surface area (Å²) in [5, 5.41) is 12.2. The normalized spacial score (nSPS) is 13.5. The number of benzene rings is 1. The summed E-state index contributed by atoms with van der Waals surface area (Å²) in [6.45, 7) is 5.76. The molecule has 0 aliphatic rings. The van der Waals surface area contributed by atoms with E-state index in [0.717, 1.165) is 5.56 Å². The second kappa shape index (κ2) is 6.99. The number of carbonyl (C=O) groups excluding carboxylic acids is 1. The van der Waals surface area contributed by atoms with Crippen molar-refractivity contribution in [2.45, 2.75) is 33.0 Å². The zero-order chi connectivity index (χ0) is 14.4. The second-order valence-electron chi connectivity index (χ2n) is 4.24. The molecule has 19 heavy (non-hydrogen) atoms. The number of carbonyl (C=O) groups is 1. The van der Waals surface area contributed by atoms with Crippen LogP contribution in [0.25, 0.3) is 0 Å². The Balaban J connectivity index is 2.86. The van der Waals surface area contributed by atoms with E-state index >= 15 is 0 Å². The molecule has 0 aliphatic carbocycles. The third-order valence-electron chi connectivity index (χ3n) is 2.69. The number of aliphatic hydroxyl groups is 1. The number of hydrogen-bond donors (Lipinski definition) is 2. The van der Waals surface area contributed by atoms with E-state index in [0.29, 0.717) is 18.0 Å². The van der Waals surface area contributed by atoms with E-state index in [4.69, 9.17) is 9.47 Å². The number of methoxy groups -OCH3 is 1. The maximum Gasteiger partial charge on any atom is 0.260 e. The van der Waals surface area contributed by atoms with Crippen LogP contribution in [0.5, 0.6) is 11.5 Å². The van der Waals surface area contributed by atoms with E-state index in [1.54, 1.807) is 32.0 Å². The molecule has 0 aromatic heterocycles. The van der Waals surface area contributed by atoms with Crippen LogP contribution in [0.1, 0.15) is 32.4 Å². The fraction of sp³-hybridized carbons (Fsp3) is 0.500. The molecule has 5 nitrogen and oxygen atoms in total. The van der Waals surface area contributed by atoms with E-state index in [2.05, 4.69) is 5.32 Å². The highest BCUT2D eigenvalue weighted by atomic mass is 16.5. The Labute approximate surface area is 113 Å². The van der Waals surface area contributed by atoms with Gasteiger partial charge < -0.3 is 19.9 Å². The SMILES string of the molecule is CCNC(=O)C(C)Oc1ccc([C@H](C)O)cc1OC. The first-order valence-corrected chi connectivity index (χ1v) is 6.30. The molecule has 1 rings (SSSR count). The van der Waals surface area contributed by atoms with Crippen LogP contribution in [0.2, 0.25) is 0 Å². The van der Waals surface area contributed by atoms with Crippen molar-refractivity contribution in [2.75, 3.05) is 13.7 Å². The molecule has 2 atom stereocenters. The number of nitrogens with one attached hydrogen (secondary N) is 1. The third-order valence-corrected chi connectivity index (χ3v) is 2.69. The third kappa shape index (κ3) is 4.13. The molecule has 0 bridgehead atoms. The van der Waals surface area contributed by atoms with E-state index in [1.165, 1.54) is 7.11 Å². The number of amides is 1. The lowest BCUT2D eigenvalue weighted by molar-refractivity contribution is -0.127. The highest BCUT2D eigenvalue weighted by Crippen LogP contribution is 2.30. The van der Waals surface area contributed by atoms with Crippen molar-refractivity contribution < 1.29 is 19.4 Å². The van der Waals surface area contributed by atoms with Crippen molar-refractivity contribution in [1.82, 2.24) is 5.32 Å². The highest BCUT2D eigenvalue weighted by Gasteiger charge is 2.16. The Morgan fingerprint density at radius 1 is 1.37 bits per heavy atom. The van der Waals surface area contributed by atoms with Crippen LogP contribution in [-0.2, 0) is 4.79 Å². The van der Waals surface area contributed by atoms with Crippen LogP contribution in [-0.4, -0.2) is 30.8 Å². The zero-order valence-electron chi connectivity index (χ0n) is 11.8. The Morgan fingerprint density at radius 3 is 2.58 bits per heavy atom. The minimum absolute atomic E-state index is 0.177. The lowest BCUT2D eigenvalue weighted by Crippen LogP contribution is -2.36. The first-order valence-electron chi connectivity index (χ1n) is 6.30. The summed E-state index contributed by atoms with van der Waals surface area (Å²) in [5.74, 6) is 0.796. The monoisotopic (exact) mass is 267 g/mol. The molecule has 0 fully saturated rings. The van der Waals surface area contributed by atoms with Gasteiger partial charge in [0.25, 0.3) is 5.91 Å². The summed E-state index contributed by atoms with van der Waals surface area (Å²) in [6, 6.07) is 5.13. The molecule has 2 N–H and O–H groups in total. The van der Waals surface area contributed by atoms with Crippen molar-refractivity contribution >= 4 is 5.91 Å². The van der Waals surface area contributed by atoms with Gasteiger partial charge in [0, 0.05) is 6.54 Å². The summed E-state index contributed by atoms with van der Waals surface area (Å²) in [4.78, 5) is 11.6. The number of ether oxygens (including phenoxy) is 2. The van der Waals surface area contributed by atoms with Crippen LogP contribution < -0.4 is 14.8 Å². The predicted octanol–water partition coefficient (Wildman–Crippen LogP) is 1.65. The van der Waals surface area contributed by atoms with Crippen molar-refractivity contribution in [1.29, 1.82) is 0 Å². The lowest BCUT2D eigenvalue weighted by atomic mass is 10.1. The second-order valence-corrected chi connectivity index (χ2v) is 4.24. The Hall–Kier alpha value is -1.75. The van der Waals surface area contributed by atoms with Crippen molar-refractivity contribution in [3.05, 3.63) is 23.8 Å². The fourth-order valence-electron chi connectivity index (χ4n) is 1.60. The van der Waals surface area contributed by atoms with Crippen molar-refractivity contribution in [2.24, 2.45) is 0 Å². The van der Waals surface area contributed by atoms with Gasteiger partial charge in [0.05, 0.1) is 13.2 Å². The predicted molar refractivity (Wildman–Crippen MR) is 72.4 cm³/mol. The van der Waals surface area contributed by atoms with Gasteiger partial charge in [-0.05, 0) is 38.5 Å². The largest absolute Gasteiger partial charge is 0.493 e. The molecule has 0 aliphatic heterocycles. The van der Waals surface area contributed by atoms with E-state index < -0.39 is 12.2 Å². The molecular formula is C14H21NO4. The number of likely N-dealkylation sites (N-methyl/N-ethyl adjacent to an activating group) is 1. The molecule has 1 aromatic rings. The van der Waals surface area contributed by atoms with Gasteiger partial charge in [-0.3, -0.25) is 4.79 Å². The van der Waals surface area contributed by atoms with E-state index in [-0.39, 0.29) is 5.91 Å². The number of hydrogen-bond acceptors (Lipinski definition) is 4. The molecule has 1 aromatic carbocycles. The summed E-state index contributed by atoms with van der Waals surface area (Å²) in [6.07, 6.45) is -1.19. The van der Waals surface area contributed by atoms with Gasteiger partial charge in [0.15, 0.2) is 17.6 Å². The average Bonchev–Trinajstić information content (AvgIpc) is 2.39. The molecule has 0 heterocycles. The average molecular weight is 267 g/mol. The molecule has 0 radical (unpaired) electrons. The van der Waals surface area contributed by atoms with Crippen LogP contribution in [0, 0.1) is 0 Å². The lowest BCUT2D eigenvalue weighted by Gasteiger charge is -2.17. The van der Waals surface area contributed by atoms with Gasteiger partial charge >= 0.3 is 0 Å². The number of rotatable bonds is 6.